The van der Waals surface area contributed by atoms with Crippen molar-refractivity contribution in [1.29, 1.82) is 0 Å². The molecule has 2 N–H and O–H groups in total. The van der Waals surface area contributed by atoms with Crippen LogP contribution in [-0.4, -0.2) is 43.1 Å². The van der Waals surface area contributed by atoms with Gasteiger partial charge in [-0.05, 0) is 36.8 Å². The van der Waals surface area contributed by atoms with Gasteiger partial charge in [-0.2, -0.15) is 23.5 Å². The van der Waals surface area contributed by atoms with Crippen LogP contribution in [0.1, 0.15) is 12.2 Å². The van der Waals surface area contributed by atoms with Crippen molar-refractivity contribution >= 4 is 29.5 Å². The number of rotatable bonds is 9. The normalized spacial score (nSPS) is 11.6. The highest BCUT2D eigenvalue weighted by atomic mass is 32.2. The SMILES string of the molecule is CSCCCNC(=NCc1ccco1)NCCSC. The number of thioether (sulfide) groups is 2. The summed E-state index contributed by atoms with van der Waals surface area (Å²) >= 11 is 3.69. The van der Waals surface area contributed by atoms with E-state index in [9.17, 15) is 0 Å². The van der Waals surface area contributed by atoms with E-state index < -0.39 is 0 Å². The number of nitrogens with one attached hydrogen (secondary N) is 2. The van der Waals surface area contributed by atoms with Gasteiger partial charge in [0.1, 0.15) is 12.3 Å². The van der Waals surface area contributed by atoms with Crippen LogP contribution in [0, 0.1) is 0 Å². The minimum absolute atomic E-state index is 0.574. The van der Waals surface area contributed by atoms with Crippen LogP contribution in [0.25, 0.3) is 0 Å². The number of hydrogen-bond acceptors (Lipinski definition) is 4. The fourth-order valence-corrected chi connectivity index (χ4v) is 2.17. The molecule has 0 aromatic carbocycles. The fourth-order valence-electron chi connectivity index (χ4n) is 1.43. The molecule has 1 rings (SSSR count). The maximum Gasteiger partial charge on any atom is 0.191 e. The molecule has 0 atom stereocenters. The first-order valence-corrected chi connectivity index (χ1v) is 9.18. The monoisotopic (exact) mass is 301 g/mol. The molecule has 1 aromatic rings. The molecule has 0 amide bonds. The Morgan fingerprint density at radius 3 is 2.68 bits per heavy atom. The number of guanidine groups is 1. The molecule has 0 aliphatic carbocycles. The molecule has 0 saturated carbocycles. The average Bonchev–Trinajstić information content (AvgIpc) is 2.93. The number of nitrogens with zero attached hydrogens (tertiary/aromatic N) is 1. The molecule has 4 nitrogen and oxygen atoms in total. The van der Waals surface area contributed by atoms with Gasteiger partial charge in [0.05, 0.1) is 6.26 Å². The summed E-state index contributed by atoms with van der Waals surface area (Å²) in [6, 6.07) is 3.83. The second kappa shape index (κ2) is 11.1. The van der Waals surface area contributed by atoms with E-state index in [2.05, 4.69) is 28.1 Å². The standard InChI is InChI=1S/C13H23N3OS2/c1-18-9-4-6-14-13(15-7-10-19-2)16-11-12-5-3-8-17-12/h3,5,8H,4,6-7,9-11H2,1-2H3,(H2,14,15,16). The van der Waals surface area contributed by atoms with Gasteiger partial charge in [0, 0.05) is 18.8 Å². The Kier molecular flexibility index (Phi) is 9.53. The highest BCUT2D eigenvalue weighted by Crippen LogP contribution is 2.01. The summed E-state index contributed by atoms with van der Waals surface area (Å²) in [7, 11) is 0. The molecule has 19 heavy (non-hydrogen) atoms. The van der Waals surface area contributed by atoms with Gasteiger partial charge in [0.15, 0.2) is 5.96 Å². The zero-order chi connectivity index (χ0) is 13.8. The Bertz CT molecular complexity index is 342. The van der Waals surface area contributed by atoms with Crippen LogP contribution in [0.5, 0.6) is 0 Å². The number of furan rings is 1. The Hall–Kier alpha value is -0.750. The van der Waals surface area contributed by atoms with Crippen LogP contribution in [0.15, 0.2) is 27.8 Å². The third-order valence-corrected chi connectivity index (χ3v) is 3.70. The maximum absolute atomic E-state index is 5.28. The van der Waals surface area contributed by atoms with Gasteiger partial charge in [-0.3, -0.25) is 0 Å². The van der Waals surface area contributed by atoms with E-state index in [-0.39, 0.29) is 0 Å². The van der Waals surface area contributed by atoms with Crippen LogP contribution in [0.4, 0.5) is 0 Å². The second-order valence-corrected chi connectivity index (χ2v) is 5.91. The van der Waals surface area contributed by atoms with Crippen molar-refractivity contribution in [3.8, 4) is 0 Å². The van der Waals surface area contributed by atoms with Crippen molar-refractivity contribution in [2.24, 2.45) is 4.99 Å². The summed E-state index contributed by atoms with van der Waals surface area (Å²) in [6.45, 7) is 2.45. The van der Waals surface area contributed by atoms with Crippen molar-refractivity contribution in [3.05, 3.63) is 24.2 Å². The maximum atomic E-state index is 5.28. The van der Waals surface area contributed by atoms with E-state index in [1.54, 1.807) is 6.26 Å². The molecule has 0 radical (unpaired) electrons. The van der Waals surface area contributed by atoms with Gasteiger partial charge in [-0.25, -0.2) is 4.99 Å². The Balaban J connectivity index is 2.35. The first-order chi connectivity index (χ1) is 9.36. The number of hydrogen-bond donors (Lipinski definition) is 2. The fraction of sp³-hybridized carbons (Fsp3) is 0.615. The lowest BCUT2D eigenvalue weighted by Crippen LogP contribution is -2.39. The summed E-state index contributed by atoms with van der Waals surface area (Å²) in [6.07, 6.45) is 7.05. The molecular formula is C13H23N3OS2. The van der Waals surface area contributed by atoms with Gasteiger partial charge in [0.25, 0.3) is 0 Å². The van der Waals surface area contributed by atoms with E-state index in [1.807, 2.05) is 35.7 Å². The van der Waals surface area contributed by atoms with Gasteiger partial charge in [0.2, 0.25) is 0 Å². The van der Waals surface area contributed by atoms with Crippen LogP contribution >= 0.6 is 23.5 Å². The quantitative estimate of drug-likeness (QED) is 0.417. The summed E-state index contributed by atoms with van der Waals surface area (Å²) in [5.41, 5.74) is 0. The minimum atomic E-state index is 0.574. The average molecular weight is 301 g/mol. The smallest absolute Gasteiger partial charge is 0.191 e. The molecule has 1 heterocycles. The van der Waals surface area contributed by atoms with E-state index in [1.165, 1.54) is 5.75 Å². The van der Waals surface area contributed by atoms with Crippen molar-refractivity contribution in [3.63, 3.8) is 0 Å². The van der Waals surface area contributed by atoms with Crippen LogP contribution in [0.2, 0.25) is 0 Å². The third kappa shape index (κ3) is 8.10. The Morgan fingerprint density at radius 2 is 2.00 bits per heavy atom. The third-order valence-electron chi connectivity index (χ3n) is 2.39. The molecule has 0 fully saturated rings. The minimum Gasteiger partial charge on any atom is -0.467 e. The van der Waals surface area contributed by atoms with E-state index in [0.717, 1.165) is 37.0 Å². The highest BCUT2D eigenvalue weighted by Gasteiger charge is 1.99. The molecule has 108 valence electrons. The van der Waals surface area contributed by atoms with Gasteiger partial charge >= 0.3 is 0 Å². The topological polar surface area (TPSA) is 49.6 Å². The number of aliphatic imine (C=N–C) groups is 1. The second-order valence-electron chi connectivity index (χ2n) is 3.94. The van der Waals surface area contributed by atoms with Gasteiger partial charge in [-0.1, -0.05) is 0 Å². The molecule has 0 aliphatic rings. The van der Waals surface area contributed by atoms with E-state index >= 15 is 0 Å². The molecule has 0 bridgehead atoms. The van der Waals surface area contributed by atoms with Crippen LogP contribution < -0.4 is 10.6 Å². The zero-order valence-corrected chi connectivity index (χ0v) is 13.3. The lowest BCUT2D eigenvalue weighted by atomic mass is 10.4. The largest absolute Gasteiger partial charge is 0.467 e. The predicted molar refractivity (Wildman–Crippen MR) is 87.2 cm³/mol. The summed E-state index contributed by atoms with van der Waals surface area (Å²) in [5, 5.41) is 6.68. The Labute approximate surface area is 124 Å². The summed E-state index contributed by atoms with van der Waals surface area (Å²) in [4.78, 5) is 4.52. The molecule has 0 aliphatic heterocycles. The summed E-state index contributed by atoms with van der Waals surface area (Å²) in [5.74, 6) is 4.00. The molecule has 0 spiro atoms. The first-order valence-electron chi connectivity index (χ1n) is 6.39. The lowest BCUT2D eigenvalue weighted by Gasteiger charge is -2.11. The van der Waals surface area contributed by atoms with Crippen molar-refractivity contribution in [2.45, 2.75) is 13.0 Å². The van der Waals surface area contributed by atoms with E-state index in [0.29, 0.717) is 6.54 Å². The van der Waals surface area contributed by atoms with Crippen LogP contribution in [-0.2, 0) is 6.54 Å². The summed E-state index contributed by atoms with van der Waals surface area (Å²) < 4.78 is 5.28. The molecule has 1 aromatic heterocycles. The van der Waals surface area contributed by atoms with Crippen molar-refractivity contribution in [2.75, 3.05) is 37.1 Å². The van der Waals surface area contributed by atoms with E-state index in [4.69, 9.17) is 4.42 Å². The van der Waals surface area contributed by atoms with Gasteiger partial charge in [-0.15, -0.1) is 0 Å². The molecule has 6 heteroatoms. The van der Waals surface area contributed by atoms with Gasteiger partial charge < -0.3 is 15.1 Å². The highest BCUT2D eigenvalue weighted by molar-refractivity contribution is 7.98. The lowest BCUT2D eigenvalue weighted by molar-refractivity contribution is 0.512. The Morgan fingerprint density at radius 1 is 1.21 bits per heavy atom. The molecule has 0 saturated heterocycles. The van der Waals surface area contributed by atoms with Crippen LogP contribution in [0.3, 0.4) is 0 Å². The first kappa shape index (κ1) is 16.3. The van der Waals surface area contributed by atoms with Crippen molar-refractivity contribution < 1.29 is 4.42 Å². The zero-order valence-electron chi connectivity index (χ0n) is 11.6. The molecule has 0 unspecified atom stereocenters. The predicted octanol–water partition coefficient (Wildman–Crippen LogP) is 2.43. The molecular weight excluding hydrogens is 278 g/mol. The van der Waals surface area contributed by atoms with Crippen molar-refractivity contribution in [1.82, 2.24) is 10.6 Å².